The minimum atomic E-state index is -3.33. The predicted octanol–water partition coefficient (Wildman–Crippen LogP) is 1.71. The quantitative estimate of drug-likeness (QED) is 0.838. The van der Waals surface area contributed by atoms with Crippen molar-refractivity contribution in [2.24, 2.45) is 0 Å². The molecule has 1 amide bonds. The number of hydrogen-bond donors (Lipinski definition) is 2. The zero-order valence-corrected chi connectivity index (χ0v) is 13.5. The number of halogens is 1. The normalized spacial score (nSPS) is 11.4. The van der Waals surface area contributed by atoms with Crippen LogP contribution >= 0.6 is 0 Å². The first-order valence-corrected chi connectivity index (χ1v) is 8.70. The monoisotopic (exact) mass is 340 g/mol. The molecule has 0 bridgehead atoms. The summed E-state index contributed by atoms with van der Waals surface area (Å²) >= 11 is 0. The molecule has 0 aliphatic carbocycles. The molecule has 23 heavy (non-hydrogen) atoms. The Hall–Kier alpha value is -2.19. The van der Waals surface area contributed by atoms with Crippen LogP contribution in [-0.4, -0.2) is 20.6 Å². The number of nitrogens with one attached hydrogen (secondary N) is 2. The highest BCUT2D eigenvalue weighted by atomic mass is 32.2. The van der Waals surface area contributed by atoms with Crippen molar-refractivity contribution < 1.29 is 22.0 Å². The van der Waals surface area contributed by atoms with Gasteiger partial charge in [0.2, 0.25) is 10.0 Å². The fourth-order valence-electron chi connectivity index (χ4n) is 1.81. The third-order valence-electron chi connectivity index (χ3n) is 3.08. The number of furan rings is 1. The summed E-state index contributed by atoms with van der Waals surface area (Å²) in [7, 11) is -3.33. The Morgan fingerprint density at radius 2 is 1.96 bits per heavy atom. The van der Waals surface area contributed by atoms with E-state index >= 15 is 0 Å². The SMILES string of the molecule is Cc1ccc(CNC(=O)c2ccc(CNS(C)(=O)=O)o2)cc1F. The zero-order valence-electron chi connectivity index (χ0n) is 12.7. The molecule has 0 spiro atoms. The lowest BCUT2D eigenvalue weighted by atomic mass is 10.1. The Kier molecular flexibility index (Phi) is 5.17. The molecule has 0 saturated carbocycles. The van der Waals surface area contributed by atoms with Crippen LogP contribution in [-0.2, 0) is 23.1 Å². The Labute approximate surface area is 133 Å². The van der Waals surface area contributed by atoms with Crippen LogP contribution in [0.2, 0.25) is 0 Å². The molecule has 0 saturated heterocycles. The van der Waals surface area contributed by atoms with Gasteiger partial charge in [-0.25, -0.2) is 17.5 Å². The minimum absolute atomic E-state index is 0.0325. The maximum atomic E-state index is 13.4. The molecule has 124 valence electrons. The van der Waals surface area contributed by atoms with Gasteiger partial charge in [-0.3, -0.25) is 4.79 Å². The first-order valence-electron chi connectivity index (χ1n) is 6.81. The number of amides is 1. The number of sulfonamides is 1. The van der Waals surface area contributed by atoms with Gasteiger partial charge < -0.3 is 9.73 Å². The Bertz CT molecular complexity index is 815. The van der Waals surface area contributed by atoms with E-state index in [0.717, 1.165) is 6.26 Å². The van der Waals surface area contributed by atoms with E-state index in [4.69, 9.17) is 4.42 Å². The van der Waals surface area contributed by atoms with Gasteiger partial charge in [-0.05, 0) is 36.2 Å². The maximum absolute atomic E-state index is 13.4. The van der Waals surface area contributed by atoms with E-state index in [-0.39, 0.29) is 24.7 Å². The van der Waals surface area contributed by atoms with Crippen LogP contribution in [0.1, 0.15) is 27.4 Å². The average Bonchev–Trinajstić information content (AvgIpc) is 2.94. The summed E-state index contributed by atoms with van der Waals surface area (Å²) in [6.45, 7) is 1.79. The van der Waals surface area contributed by atoms with Crippen molar-refractivity contribution in [1.82, 2.24) is 10.0 Å². The fourth-order valence-corrected chi connectivity index (χ4v) is 2.22. The van der Waals surface area contributed by atoms with Gasteiger partial charge in [0.05, 0.1) is 12.8 Å². The van der Waals surface area contributed by atoms with E-state index in [9.17, 15) is 17.6 Å². The van der Waals surface area contributed by atoms with E-state index in [2.05, 4.69) is 10.0 Å². The van der Waals surface area contributed by atoms with Gasteiger partial charge in [0.25, 0.3) is 5.91 Å². The van der Waals surface area contributed by atoms with Crippen molar-refractivity contribution in [1.29, 1.82) is 0 Å². The highest BCUT2D eigenvalue weighted by Crippen LogP contribution is 2.11. The van der Waals surface area contributed by atoms with Gasteiger partial charge >= 0.3 is 0 Å². The summed E-state index contributed by atoms with van der Waals surface area (Å²) in [5.74, 6) is -0.412. The molecule has 0 unspecified atom stereocenters. The molecule has 0 atom stereocenters. The molecule has 2 N–H and O–H groups in total. The number of carbonyl (C=O) groups excluding carboxylic acids is 1. The molecule has 0 aliphatic rings. The van der Waals surface area contributed by atoms with Gasteiger partial charge in [0.1, 0.15) is 11.6 Å². The van der Waals surface area contributed by atoms with Gasteiger partial charge in [-0.15, -0.1) is 0 Å². The van der Waals surface area contributed by atoms with Gasteiger partial charge in [-0.2, -0.15) is 0 Å². The largest absolute Gasteiger partial charge is 0.455 e. The highest BCUT2D eigenvalue weighted by molar-refractivity contribution is 7.88. The van der Waals surface area contributed by atoms with Crippen molar-refractivity contribution in [3.8, 4) is 0 Å². The molecular weight excluding hydrogens is 323 g/mol. The smallest absolute Gasteiger partial charge is 0.287 e. The van der Waals surface area contributed by atoms with Crippen LogP contribution in [0.25, 0.3) is 0 Å². The molecule has 1 aromatic heterocycles. The summed E-state index contributed by atoms with van der Waals surface area (Å²) < 4.78 is 42.9. The van der Waals surface area contributed by atoms with E-state index in [1.807, 2.05) is 0 Å². The molecule has 0 fully saturated rings. The van der Waals surface area contributed by atoms with Crippen molar-refractivity contribution in [3.63, 3.8) is 0 Å². The first-order chi connectivity index (χ1) is 10.7. The number of hydrogen-bond acceptors (Lipinski definition) is 4. The van der Waals surface area contributed by atoms with Crippen LogP contribution in [0, 0.1) is 12.7 Å². The second-order valence-electron chi connectivity index (χ2n) is 5.13. The van der Waals surface area contributed by atoms with Crippen LogP contribution in [0.15, 0.2) is 34.7 Å². The average molecular weight is 340 g/mol. The van der Waals surface area contributed by atoms with Crippen molar-refractivity contribution in [3.05, 3.63) is 58.8 Å². The van der Waals surface area contributed by atoms with Crippen molar-refractivity contribution in [2.75, 3.05) is 6.26 Å². The number of benzene rings is 1. The maximum Gasteiger partial charge on any atom is 0.287 e. The van der Waals surface area contributed by atoms with Crippen molar-refractivity contribution >= 4 is 15.9 Å². The number of aryl methyl sites for hydroxylation is 1. The van der Waals surface area contributed by atoms with Crippen LogP contribution < -0.4 is 10.0 Å². The zero-order chi connectivity index (χ0) is 17.0. The van der Waals surface area contributed by atoms with Gasteiger partial charge in [0.15, 0.2) is 5.76 Å². The molecule has 0 radical (unpaired) electrons. The molecule has 2 rings (SSSR count). The minimum Gasteiger partial charge on any atom is -0.455 e. The third-order valence-corrected chi connectivity index (χ3v) is 3.75. The van der Waals surface area contributed by atoms with Crippen LogP contribution in [0.3, 0.4) is 0 Å². The summed E-state index contributed by atoms with van der Waals surface area (Å²) in [4.78, 5) is 11.9. The highest BCUT2D eigenvalue weighted by Gasteiger charge is 2.12. The molecule has 6 nitrogen and oxygen atoms in total. The number of carbonyl (C=O) groups is 1. The first kappa shape index (κ1) is 17.2. The molecule has 0 aliphatic heterocycles. The third kappa shape index (κ3) is 5.19. The number of rotatable bonds is 6. The molecular formula is C15H17FN2O4S. The lowest BCUT2D eigenvalue weighted by molar-refractivity contribution is 0.0921. The summed E-state index contributed by atoms with van der Waals surface area (Å²) in [5, 5.41) is 2.61. The molecule has 1 heterocycles. The summed E-state index contributed by atoms with van der Waals surface area (Å²) in [6, 6.07) is 7.68. The Morgan fingerprint density at radius 3 is 2.61 bits per heavy atom. The van der Waals surface area contributed by atoms with E-state index < -0.39 is 15.9 Å². The summed E-state index contributed by atoms with van der Waals surface area (Å²) in [5.41, 5.74) is 1.17. The van der Waals surface area contributed by atoms with E-state index in [1.54, 1.807) is 19.1 Å². The lowest BCUT2D eigenvalue weighted by Gasteiger charge is -2.05. The molecule has 8 heteroatoms. The summed E-state index contributed by atoms with van der Waals surface area (Å²) in [6.07, 6.45) is 1.03. The van der Waals surface area contributed by atoms with E-state index in [1.165, 1.54) is 18.2 Å². The second kappa shape index (κ2) is 6.93. The lowest BCUT2D eigenvalue weighted by Crippen LogP contribution is -2.22. The van der Waals surface area contributed by atoms with Crippen LogP contribution in [0.5, 0.6) is 0 Å². The van der Waals surface area contributed by atoms with E-state index in [0.29, 0.717) is 16.9 Å². The fraction of sp³-hybridized carbons (Fsp3) is 0.267. The Balaban J connectivity index is 1.93. The van der Waals surface area contributed by atoms with Crippen LogP contribution in [0.4, 0.5) is 4.39 Å². The van der Waals surface area contributed by atoms with Gasteiger partial charge in [-0.1, -0.05) is 12.1 Å². The molecule has 1 aromatic carbocycles. The molecule has 2 aromatic rings. The van der Waals surface area contributed by atoms with Gasteiger partial charge in [0, 0.05) is 6.54 Å². The van der Waals surface area contributed by atoms with Crippen molar-refractivity contribution in [2.45, 2.75) is 20.0 Å². The predicted molar refractivity (Wildman–Crippen MR) is 82.7 cm³/mol. The Morgan fingerprint density at radius 1 is 1.22 bits per heavy atom. The topological polar surface area (TPSA) is 88.4 Å². The second-order valence-corrected chi connectivity index (χ2v) is 6.96. The standard InChI is InChI=1S/C15H17FN2O4S/c1-10-3-4-11(7-13(10)16)8-17-15(19)14-6-5-12(22-14)9-18-23(2,20)21/h3-7,18H,8-9H2,1-2H3,(H,17,19).